The van der Waals surface area contributed by atoms with E-state index >= 15 is 0 Å². The topological polar surface area (TPSA) is 83.5 Å². The monoisotopic (exact) mass is 413 g/mol. The molecular weight excluding hydrogens is 390 g/mol. The van der Waals surface area contributed by atoms with Crippen molar-refractivity contribution in [3.63, 3.8) is 0 Å². The molecule has 0 aliphatic carbocycles. The highest BCUT2D eigenvalue weighted by Gasteiger charge is 2.43. The number of carbonyl (C=O) groups excluding carboxylic acids is 2. The van der Waals surface area contributed by atoms with Gasteiger partial charge in [-0.3, -0.25) is 9.69 Å². The normalized spacial score (nSPS) is 15.4. The third kappa shape index (κ3) is 3.30. The van der Waals surface area contributed by atoms with Gasteiger partial charge in [0.05, 0.1) is 47.3 Å². The van der Waals surface area contributed by atoms with E-state index < -0.39 is 12.0 Å². The van der Waals surface area contributed by atoms with Crippen molar-refractivity contribution >= 4 is 17.6 Å². The van der Waals surface area contributed by atoms with E-state index in [4.69, 9.17) is 23.7 Å². The number of ether oxygens (including phenoxy) is 5. The maximum atomic E-state index is 12.7. The Labute approximate surface area is 174 Å². The molecule has 1 aliphatic heterocycles. The second-order valence-corrected chi connectivity index (χ2v) is 6.44. The quantitative estimate of drug-likeness (QED) is 0.392. The van der Waals surface area contributed by atoms with Crippen LogP contribution in [0.5, 0.6) is 23.0 Å². The zero-order valence-electron chi connectivity index (χ0n) is 17.5. The Hall–Kier alpha value is -3.68. The lowest BCUT2D eigenvalue weighted by atomic mass is 9.87. The summed E-state index contributed by atoms with van der Waals surface area (Å²) >= 11 is 0. The predicted octanol–water partition coefficient (Wildman–Crippen LogP) is 3.15. The Balaban J connectivity index is 2.09. The number of nitrogens with zero attached hydrogens (tertiary/aromatic N) is 1. The fourth-order valence-corrected chi connectivity index (χ4v) is 3.47. The molecule has 1 unspecified atom stereocenters. The van der Waals surface area contributed by atoms with Gasteiger partial charge < -0.3 is 23.7 Å². The Morgan fingerprint density at radius 1 is 0.900 bits per heavy atom. The van der Waals surface area contributed by atoms with E-state index in [0.717, 1.165) is 0 Å². The smallest absolute Gasteiger partial charge is 0.341 e. The molecule has 8 nitrogen and oxygen atoms in total. The Bertz CT molecular complexity index is 990. The number of β-lactam (4-membered cyclic amide) rings is 1. The molecule has 1 heterocycles. The lowest BCUT2D eigenvalue weighted by Crippen LogP contribution is -2.48. The molecule has 0 radical (unpaired) electrons. The van der Waals surface area contributed by atoms with Gasteiger partial charge in [0.2, 0.25) is 5.75 Å². The van der Waals surface area contributed by atoms with Crippen molar-refractivity contribution in [2.45, 2.75) is 6.04 Å². The van der Waals surface area contributed by atoms with Crippen molar-refractivity contribution in [3.8, 4) is 23.0 Å². The second-order valence-electron chi connectivity index (χ2n) is 6.44. The van der Waals surface area contributed by atoms with Crippen LogP contribution in [0.15, 0.2) is 42.5 Å². The van der Waals surface area contributed by atoms with Crippen molar-refractivity contribution in [2.75, 3.05) is 40.4 Å². The van der Waals surface area contributed by atoms with Crippen LogP contribution in [0, 0.1) is 0 Å². The van der Waals surface area contributed by atoms with Gasteiger partial charge in [-0.15, -0.1) is 0 Å². The van der Waals surface area contributed by atoms with Gasteiger partial charge in [-0.05, 0) is 17.7 Å². The standard InChI is InChI=1S/C22H23NO7/c1-12-19(13-7-8-16(26-2)15(9-13)22(25)30-6)23(21(12)24)14-10-17(27-3)20(29-5)18(11-14)28-4/h7-11,19H,1H2,2-6H3. The molecule has 1 atom stereocenters. The van der Waals surface area contributed by atoms with Crippen LogP contribution in [0.3, 0.4) is 0 Å². The zero-order chi connectivity index (χ0) is 22.0. The average molecular weight is 413 g/mol. The highest BCUT2D eigenvalue weighted by atomic mass is 16.5. The molecule has 2 aromatic rings. The molecule has 3 rings (SSSR count). The molecule has 0 spiro atoms. The predicted molar refractivity (Wildman–Crippen MR) is 110 cm³/mol. The number of benzene rings is 2. The Morgan fingerprint density at radius 2 is 1.50 bits per heavy atom. The number of esters is 1. The number of amides is 1. The lowest BCUT2D eigenvalue weighted by Gasteiger charge is -2.43. The van der Waals surface area contributed by atoms with Crippen LogP contribution >= 0.6 is 0 Å². The van der Waals surface area contributed by atoms with Gasteiger partial charge in [0.1, 0.15) is 11.3 Å². The van der Waals surface area contributed by atoms with Crippen LogP contribution in [-0.2, 0) is 9.53 Å². The molecule has 0 N–H and O–H groups in total. The minimum absolute atomic E-state index is 0.246. The maximum absolute atomic E-state index is 12.7. The molecule has 8 heteroatoms. The largest absolute Gasteiger partial charge is 0.496 e. The van der Waals surface area contributed by atoms with Gasteiger partial charge in [-0.25, -0.2) is 4.79 Å². The number of methoxy groups -OCH3 is 5. The van der Waals surface area contributed by atoms with Gasteiger partial charge in [0.15, 0.2) is 11.5 Å². The Morgan fingerprint density at radius 3 is 2.00 bits per heavy atom. The molecule has 0 bridgehead atoms. The van der Waals surface area contributed by atoms with Crippen molar-refractivity contribution in [1.82, 2.24) is 0 Å². The minimum atomic E-state index is -0.538. The van der Waals surface area contributed by atoms with E-state index in [-0.39, 0.29) is 11.5 Å². The summed E-state index contributed by atoms with van der Waals surface area (Å²) in [6, 6.07) is 7.96. The summed E-state index contributed by atoms with van der Waals surface area (Å²) < 4.78 is 26.2. The van der Waals surface area contributed by atoms with Gasteiger partial charge in [-0.2, -0.15) is 0 Å². The summed E-state index contributed by atoms with van der Waals surface area (Å²) in [4.78, 5) is 26.4. The SMILES string of the molecule is C=C1C(=O)N(c2cc(OC)c(OC)c(OC)c2)C1c1ccc(OC)c(C(=O)OC)c1. The molecular formula is C22H23NO7. The average Bonchev–Trinajstić information content (AvgIpc) is 2.79. The van der Waals surface area contributed by atoms with Crippen molar-refractivity contribution in [1.29, 1.82) is 0 Å². The minimum Gasteiger partial charge on any atom is -0.496 e. The van der Waals surface area contributed by atoms with Crippen LogP contribution in [0.4, 0.5) is 5.69 Å². The molecule has 2 aromatic carbocycles. The van der Waals surface area contributed by atoms with Gasteiger partial charge in [0, 0.05) is 17.7 Å². The third-order valence-electron chi connectivity index (χ3n) is 4.95. The maximum Gasteiger partial charge on any atom is 0.341 e. The summed E-state index contributed by atoms with van der Waals surface area (Å²) in [5, 5.41) is 0. The van der Waals surface area contributed by atoms with Crippen molar-refractivity contribution in [2.24, 2.45) is 0 Å². The molecule has 30 heavy (non-hydrogen) atoms. The van der Waals surface area contributed by atoms with Crippen LogP contribution in [0.25, 0.3) is 0 Å². The van der Waals surface area contributed by atoms with Crippen LogP contribution in [-0.4, -0.2) is 47.4 Å². The van der Waals surface area contributed by atoms with E-state index in [0.29, 0.717) is 39.8 Å². The van der Waals surface area contributed by atoms with Gasteiger partial charge in [0.25, 0.3) is 5.91 Å². The molecule has 1 aliphatic rings. The van der Waals surface area contributed by atoms with E-state index in [1.165, 1.54) is 35.5 Å². The first kappa shape index (κ1) is 21.0. The summed E-state index contributed by atoms with van der Waals surface area (Å²) in [5.41, 5.74) is 1.89. The highest BCUT2D eigenvalue weighted by Crippen LogP contribution is 2.48. The summed E-state index contributed by atoms with van der Waals surface area (Å²) in [7, 11) is 7.27. The number of anilines is 1. The molecule has 1 amide bonds. The fraction of sp³-hybridized carbons (Fsp3) is 0.273. The van der Waals surface area contributed by atoms with E-state index in [9.17, 15) is 9.59 Å². The van der Waals surface area contributed by atoms with Crippen LogP contribution in [0.1, 0.15) is 22.0 Å². The first-order chi connectivity index (χ1) is 14.4. The summed E-state index contributed by atoms with van der Waals surface area (Å²) in [6.07, 6.45) is 0. The van der Waals surface area contributed by atoms with Gasteiger partial charge in [-0.1, -0.05) is 12.6 Å². The molecule has 158 valence electrons. The van der Waals surface area contributed by atoms with E-state index in [2.05, 4.69) is 6.58 Å². The zero-order valence-corrected chi connectivity index (χ0v) is 17.5. The van der Waals surface area contributed by atoms with Gasteiger partial charge >= 0.3 is 5.97 Å². The number of hydrogen-bond acceptors (Lipinski definition) is 7. The van der Waals surface area contributed by atoms with Crippen molar-refractivity contribution in [3.05, 3.63) is 53.6 Å². The molecule has 1 fully saturated rings. The number of rotatable bonds is 7. The van der Waals surface area contributed by atoms with Crippen LogP contribution in [0.2, 0.25) is 0 Å². The van der Waals surface area contributed by atoms with E-state index in [1.54, 1.807) is 35.2 Å². The first-order valence-corrected chi connectivity index (χ1v) is 9.00. The van der Waals surface area contributed by atoms with E-state index in [1.807, 2.05) is 0 Å². The molecule has 0 saturated carbocycles. The van der Waals surface area contributed by atoms with Crippen LogP contribution < -0.4 is 23.8 Å². The lowest BCUT2D eigenvalue weighted by molar-refractivity contribution is -0.118. The summed E-state index contributed by atoms with van der Waals surface area (Å²) in [6.45, 7) is 3.91. The first-order valence-electron chi connectivity index (χ1n) is 9.00. The number of carbonyl (C=O) groups is 2. The fourth-order valence-electron chi connectivity index (χ4n) is 3.47. The molecule has 0 aromatic heterocycles. The summed E-state index contributed by atoms with van der Waals surface area (Å²) in [5.74, 6) is 0.849. The molecule has 1 saturated heterocycles. The van der Waals surface area contributed by atoms with Crippen molar-refractivity contribution < 1.29 is 33.3 Å². The third-order valence-corrected chi connectivity index (χ3v) is 4.95. The highest BCUT2D eigenvalue weighted by molar-refractivity contribution is 6.15. The number of hydrogen-bond donors (Lipinski definition) is 0. The Kier molecular flexibility index (Phi) is 5.86. The second kappa shape index (κ2) is 8.36.